The van der Waals surface area contributed by atoms with Crippen LogP contribution >= 0.6 is 0 Å². The first-order valence-corrected chi connectivity index (χ1v) is 9.41. The summed E-state index contributed by atoms with van der Waals surface area (Å²) in [5, 5.41) is 11.5. The van der Waals surface area contributed by atoms with E-state index in [2.05, 4.69) is 10.0 Å². The van der Waals surface area contributed by atoms with E-state index >= 15 is 0 Å². The zero-order valence-corrected chi connectivity index (χ0v) is 14.4. The Morgan fingerprint density at radius 1 is 1.04 bits per heavy atom. The van der Waals surface area contributed by atoms with E-state index < -0.39 is 10.0 Å². The Morgan fingerprint density at radius 3 is 2.48 bits per heavy atom. The van der Waals surface area contributed by atoms with Gasteiger partial charge in [-0.2, -0.15) is 5.26 Å². The standard InChI is InChI=1S/C18H19N3O3S/c19-12-16-7-4-8-17(11-16)14-25(23,24)21-13-18(22)20-10-9-15-5-2-1-3-6-15/h1-8,11,21H,9-10,13-14H2,(H,20,22). The van der Waals surface area contributed by atoms with Gasteiger partial charge in [-0.15, -0.1) is 0 Å². The predicted octanol–water partition coefficient (Wildman–Crippen LogP) is 1.34. The van der Waals surface area contributed by atoms with E-state index in [9.17, 15) is 13.2 Å². The van der Waals surface area contributed by atoms with Crippen LogP contribution in [0.25, 0.3) is 0 Å². The molecule has 2 N–H and O–H groups in total. The average Bonchev–Trinajstić information content (AvgIpc) is 2.61. The van der Waals surface area contributed by atoms with Crippen molar-refractivity contribution in [2.45, 2.75) is 12.2 Å². The minimum atomic E-state index is -3.65. The van der Waals surface area contributed by atoms with Gasteiger partial charge in [0.1, 0.15) is 0 Å². The molecule has 0 fully saturated rings. The van der Waals surface area contributed by atoms with Gasteiger partial charge in [-0.3, -0.25) is 4.79 Å². The Balaban J connectivity index is 1.76. The summed E-state index contributed by atoms with van der Waals surface area (Å²) >= 11 is 0. The van der Waals surface area contributed by atoms with Crippen LogP contribution in [0.3, 0.4) is 0 Å². The molecule has 2 aromatic carbocycles. The molecular weight excluding hydrogens is 338 g/mol. The van der Waals surface area contributed by atoms with Crippen LogP contribution < -0.4 is 10.0 Å². The van der Waals surface area contributed by atoms with Crippen LogP contribution in [-0.4, -0.2) is 27.4 Å². The maximum Gasteiger partial charge on any atom is 0.235 e. The summed E-state index contributed by atoms with van der Waals surface area (Å²) in [7, 11) is -3.65. The predicted molar refractivity (Wildman–Crippen MR) is 94.9 cm³/mol. The van der Waals surface area contributed by atoms with Gasteiger partial charge >= 0.3 is 0 Å². The fourth-order valence-electron chi connectivity index (χ4n) is 2.23. The van der Waals surface area contributed by atoms with Crippen molar-refractivity contribution in [3.05, 3.63) is 71.3 Å². The van der Waals surface area contributed by atoms with E-state index in [1.54, 1.807) is 18.2 Å². The summed E-state index contributed by atoms with van der Waals surface area (Å²) in [6.45, 7) is 0.129. The zero-order valence-electron chi connectivity index (χ0n) is 13.6. The number of carbonyl (C=O) groups is 1. The molecule has 0 saturated heterocycles. The molecule has 25 heavy (non-hydrogen) atoms. The van der Waals surface area contributed by atoms with Gasteiger partial charge in [-0.25, -0.2) is 13.1 Å². The highest BCUT2D eigenvalue weighted by molar-refractivity contribution is 7.88. The van der Waals surface area contributed by atoms with Gasteiger partial charge in [0, 0.05) is 6.54 Å². The van der Waals surface area contributed by atoms with Gasteiger partial charge in [0.05, 0.1) is 23.9 Å². The number of hydrogen-bond acceptors (Lipinski definition) is 4. The highest BCUT2D eigenvalue weighted by atomic mass is 32.2. The van der Waals surface area contributed by atoms with Crippen molar-refractivity contribution in [2.75, 3.05) is 13.1 Å². The van der Waals surface area contributed by atoms with Gasteiger partial charge < -0.3 is 5.32 Å². The molecule has 0 aliphatic carbocycles. The molecule has 0 radical (unpaired) electrons. The lowest BCUT2D eigenvalue weighted by molar-refractivity contribution is -0.119. The smallest absolute Gasteiger partial charge is 0.235 e. The molecule has 0 aromatic heterocycles. The lowest BCUT2D eigenvalue weighted by Crippen LogP contribution is -2.38. The van der Waals surface area contributed by atoms with Crippen molar-refractivity contribution in [2.24, 2.45) is 0 Å². The number of nitriles is 1. The number of carbonyl (C=O) groups excluding carboxylic acids is 1. The zero-order chi connectivity index (χ0) is 18.1. The van der Waals surface area contributed by atoms with Crippen molar-refractivity contribution < 1.29 is 13.2 Å². The lowest BCUT2D eigenvalue weighted by atomic mass is 10.1. The summed E-state index contributed by atoms with van der Waals surface area (Å²) in [6.07, 6.45) is 0.681. The van der Waals surface area contributed by atoms with E-state index in [-0.39, 0.29) is 18.2 Å². The highest BCUT2D eigenvalue weighted by Crippen LogP contribution is 2.07. The normalized spacial score (nSPS) is 10.8. The second-order valence-corrected chi connectivity index (χ2v) is 7.28. The molecule has 0 unspecified atom stereocenters. The molecule has 6 nitrogen and oxygen atoms in total. The number of nitrogens with one attached hydrogen (secondary N) is 2. The summed E-state index contributed by atoms with van der Waals surface area (Å²) in [6, 6.07) is 18.0. The Kier molecular flexibility index (Phi) is 6.69. The third-order valence-corrected chi connectivity index (χ3v) is 4.74. The molecule has 0 aliphatic heterocycles. The summed E-state index contributed by atoms with van der Waals surface area (Å²) in [5.74, 6) is -0.662. The van der Waals surface area contributed by atoms with Crippen molar-refractivity contribution >= 4 is 15.9 Å². The summed E-state index contributed by atoms with van der Waals surface area (Å²) in [4.78, 5) is 11.8. The molecule has 1 amide bonds. The molecule has 7 heteroatoms. The Morgan fingerprint density at radius 2 is 1.76 bits per heavy atom. The third kappa shape index (κ3) is 6.75. The first kappa shape index (κ1) is 18.6. The number of amides is 1. The van der Waals surface area contributed by atoms with Gasteiger partial charge in [-0.1, -0.05) is 42.5 Å². The molecule has 130 valence electrons. The number of nitrogens with zero attached hydrogens (tertiary/aromatic N) is 1. The number of sulfonamides is 1. The molecule has 2 rings (SSSR count). The first-order chi connectivity index (χ1) is 12.0. The van der Waals surface area contributed by atoms with Crippen LogP contribution in [0.5, 0.6) is 0 Å². The van der Waals surface area contributed by atoms with Crippen LogP contribution in [0.2, 0.25) is 0 Å². The van der Waals surface area contributed by atoms with Crippen LogP contribution in [0.1, 0.15) is 16.7 Å². The molecule has 0 aliphatic rings. The first-order valence-electron chi connectivity index (χ1n) is 7.75. The average molecular weight is 357 g/mol. The minimum absolute atomic E-state index is 0.278. The molecule has 0 saturated carbocycles. The largest absolute Gasteiger partial charge is 0.355 e. The van der Waals surface area contributed by atoms with Gasteiger partial charge in [0.15, 0.2) is 0 Å². The lowest BCUT2D eigenvalue weighted by Gasteiger charge is -2.08. The molecule has 0 bridgehead atoms. The molecule has 0 heterocycles. The maximum atomic E-state index is 12.0. The van der Waals surface area contributed by atoms with Crippen molar-refractivity contribution in [3.63, 3.8) is 0 Å². The Labute approximate surface area is 147 Å². The number of benzene rings is 2. The summed E-state index contributed by atoms with van der Waals surface area (Å²) < 4.78 is 26.3. The van der Waals surface area contributed by atoms with Gasteiger partial charge in [0.2, 0.25) is 15.9 Å². The van der Waals surface area contributed by atoms with Gasteiger partial charge in [0.25, 0.3) is 0 Å². The van der Waals surface area contributed by atoms with Crippen LogP contribution in [0.4, 0.5) is 0 Å². The van der Waals surface area contributed by atoms with Crippen LogP contribution in [-0.2, 0) is 27.0 Å². The molecular formula is C18H19N3O3S. The fourth-order valence-corrected chi connectivity index (χ4v) is 3.30. The monoisotopic (exact) mass is 357 g/mol. The number of hydrogen-bond donors (Lipinski definition) is 2. The van der Waals surface area contributed by atoms with Crippen molar-refractivity contribution in [1.82, 2.24) is 10.0 Å². The SMILES string of the molecule is N#Cc1cccc(CS(=O)(=O)NCC(=O)NCCc2ccccc2)c1. The maximum absolute atomic E-state index is 12.0. The number of rotatable bonds is 8. The van der Waals surface area contributed by atoms with Crippen LogP contribution in [0, 0.1) is 11.3 Å². The topological polar surface area (TPSA) is 99.1 Å². The molecule has 0 spiro atoms. The quantitative estimate of drug-likeness (QED) is 0.745. The van der Waals surface area contributed by atoms with Crippen molar-refractivity contribution in [3.8, 4) is 6.07 Å². The van der Waals surface area contributed by atoms with Gasteiger partial charge in [-0.05, 0) is 29.7 Å². The summed E-state index contributed by atoms with van der Waals surface area (Å²) in [5.41, 5.74) is 1.99. The van der Waals surface area contributed by atoms with E-state index in [1.165, 1.54) is 6.07 Å². The highest BCUT2D eigenvalue weighted by Gasteiger charge is 2.13. The second kappa shape index (κ2) is 8.97. The molecule has 2 aromatic rings. The Bertz CT molecular complexity index is 859. The van der Waals surface area contributed by atoms with E-state index in [4.69, 9.17) is 5.26 Å². The fraction of sp³-hybridized carbons (Fsp3) is 0.222. The van der Waals surface area contributed by atoms with Crippen LogP contribution in [0.15, 0.2) is 54.6 Å². The minimum Gasteiger partial charge on any atom is -0.355 e. The Hall–Kier alpha value is -2.69. The molecule has 0 atom stereocenters. The second-order valence-electron chi connectivity index (χ2n) is 5.48. The van der Waals surface area contributed by atoms with E-state index in [0.717, 1.165) is 5.56 Å². The van der Waals surface area contributed by atoms with E-state index in [1.807, 2.05) is 36.4 Å². The van der Waals surface area contributed by atoms with E-state index in [0.29, 0.717) is 24.1 Å². The third-order valence-electron chi connectivity index (χ3n) is 3.44. The van der Waals surface area contributed by atoms with Crippen molar-refractivity contribution in [1.29, 1.82) is 5.26 Å².